The van der Waals surface area contributed by atoms with E-state index in [1.54, 1.807) is 11.8 Å². The number of ether oxygens (including phenoxy) is 2. The van der Waals surface area contributed by atoms with E-state index in [0.29, 0.717) is 5.02 Å². The molecular formula is C18H26ClN3O3S. The summed E-state index contributed by atoms with van der Waals surface area (Å²) in [7, 11) is 0. The summed E-state index contributed by atoms with van der Waals surface area (Å²) in [6.07, 6.45) is -0.802. The summed E-state index contributed by atoms with van der Waals surface area (Å²) >= 11 is 7.78. The maximum atomic E-state index is 10.7. The van der Waals surface area contributed by atoms with Crippen molar-refractivity contribution in [2.75, 3.05) is 19.8 Å². The van der Waals surface area contributed by atoms with Gasteiger partial charge in [0.1, 0.15) is 6.61 Å². The van der Waals surface area contributed by atoms with E-state index in [-0.39, 0.29) is 19.1 Å². The van der Waals surface area contributed by atoms with Crippen molar-refractivity contribution in [2.45, 2.75) is 38.4 Å². The number of thioether (sulfide) groups is 1. The van der Waals surface area contributed by atoms with Gasteiger partial charge >= 0.3 is 6.09 Å². The molecule has 3 N–H and O–H groups in total. The van der Waals surface area contributed by atoms with Gasteiger partial charge in [0.2, 0.25) is 5.85 Å². The second-order valence-electron chi connectivity index (χ2n) is 6.30. The Morgan fingerprint density at radius 2 is 2.15 bits per heavy atom. The predicted molar refractivity (Wildman–Crippen MR) is 105 cm³/mol. The highest BCUT2D eigenvalue weighted by Crippen LogP contribution is 2.42. The molecular weight excluding hydrogens is 374 g/mol. The van der Waals surface area contributed by atoms with Crippen LogP contribution >= 0.6 is 23.4 Å². The van der Waals surface area contributed by atoms with Crippen molar-refractivity contribution in [1.29, 1.82) is 0 Å². The maximum Gasteiger partial charge on any atom is 0.404 e. The van der Waals surface area contributed by atoms with E-state index in [0.717, 1.165) is 22.2 Å². The van der Waals surface area contributed by atoms with Crippen molar-refractivity contribution >= 4 is 29.5 Å². The van der Waals surface area contributed by atoms with Crippen LogP contribution < -0.4 is 11.1 Å². The zero-order chi connectivity index (χ0) is 19.3. The third kappa shape index (κ3) is 4.99. The number of allylic oxidation sites excluding steroid dienone is 1. The van der Waals surface area contributed by atoms with E-state index in [4.69, 9.17) is 26.8 Å². The quantitative estimate of drug-likeness (QED) is 0.644. The number of rotatable bonds is 8. The number of benzene rings is 1. The van der Waals surface area contributed by atoms with Gasteiger partial charge in [0.15, 0.2) is 0 Å². The monoisotopic (exact) mass is 399 g/mol. The Balaban J connectivity index is 2.19. The van der Waals surface area contributed by atoms with Crippen molar-refractivity contribution < 1.29 is 14.3 Å². The summed E-state index contributed by atoms with van der Waals surface area (Å²) in [6.45, 7) is 9.41. The second kappa shape index (κ2) is 8.88. The Hall–Kier alpha value is -1.57. The van der Waals surface area contributed by atoms with Crippen molar-refractivity contribution in [3.63, 3.8) is 0 Å². The first-order chi connectivity index (χ1) is 12.3. The van der Waals surface area contributed by atoms with Crippen LogP contribution in [0.3, 0.4) is 0 Å². The molecule has 1 aliphatic rings. The van der Waals surface area contributed by atoms with Crippen LogP contribution in [0.15, 0.2) is 39.9 Å². The first-order valence-electron chi connectivity index (χ1n) is 8.56. The lowest BCUT2D eigenvalue weighted by Crippen LogP contribution is -2.53. The molecule has 1 amide bonds. The number of hydrogen-bond acceptors (Lipinski definition) is 6. The molecule has 2 rings (SSSR count). The number of primary amides is 1. The van der Waals surface area contributed by atoms with Gasteiger partial charge in [0.05, 0.1) is 11.6 Å². The lowest BCUT2D eigenvalue weighted by molar-refractivity contribution is -0.137. The molecule has 0 aliphatic carbocycles. The maximum absolute atomic E-state index is 10.7. The molecule has 6 nitrogen and oxygen atoms in total. The van der Waals surface area contributed by atoms with Crippen LogP contribution in [0.2, 0.25) is 5.02 Å². The summed E-state index contributed by atoms with van der Waals surface area (Å²) < 4.78 is 10.8. The highest BCUT2D eigenvalue weighted by molar-refractivity contribution is 8.03. The van der Waals surface area contributed by atoms with Gasteiger partial charge in [-0.15, -0.1) is 0 Å². The van der Waals surface area contributed by atoms with Gasteiger partial charge in [-0.25, -0.2) is 4.79 Å². The van der Waals surface area contributed by atoms with Crippen LogP contribution in [0.5, 0.6) is 0 Å². The predicted octanol–water partition coefficient (Wildman–Crippen LogP) is 3.97. The van der Waals surface area contributed by atoms with E-state index in [2.05, 4.69) is 31.0 Å². The number of carbonyl (C=O) groups excluding carboxylic acids is 1. The summed E-state index contributed by atoms with van der Waals surface area (Å²) in [5.74, 6) is -0.436. The molecule has 0 radical (unpaired) electrons. The van der Waals surface area contributed by atoms with Crippen molar-refractivity contribution in [3.05, 3.63) is 40.0 Å². The number of nitrogens with zero attached hydrogens (tertiary/aromatic N) is 1. The van der Waals surface area contributed by atoms with Crippen LogP contribution in [-0.4, -0.2) is 36.6 Å². The minimum absolute atomic E-state index is 0.109. The highest BCUT2D eigenvalue weighted by atomic mass is 35.5. The molecule has 0 bridgehead atoms. The Bertz CT molecular complexity index is 683. The zero-order valence-corrected chi connectivity index (χ0v) is 17.1. The van der Waals surface area contributed by atoms with E-state index < -0.39 is 11.9 Å². The first-order valence-corrected chi connectivity index (χ1v) is 9.76. The molecule has 0 fully saturated rings. The molecule has 0 saturated carbocycles. The Morgan fingerprint density at radius 1 is 1.42 bits per heavy atom. The summed E-state index contributed by atoms with van der Waals surface area (Å²) in [4.78, 5) is 13.9. The van der Waals surface area contributed by atoms with Gasteiger partial charge in [-0.3, -0.25) is 0 Å². The average molecular weight is 400 g/mol. The summed E-state index contributed by atoms with van der Waals surface area (Å²) in [6, 6.07) is 7.78. The molecule has 0 spiro atoms. The molecule has 1 heterocycles. The molecule has 1 aliphatic heterocycles. The average Bonchev–Trinajstić information content (AvgIpc) is 2.84. The minimum Gasteiger partial charge on any atom is -0.447 e. The van der Waals surface area contributed by atoms with Gasteiger partial charge in [-0.1, -0.05) is 43.3 Å². The van der Waals surface area contributed by atoms with Gasteiger partial charge in [-0.2, -0.15) is 0 Å². The van der Waals surface area contributed by atoms with Crippen molar-refractivity contribution in [2.24, 2.45) is 11.7 Å². The van der Waals surface area contributed by atoms with Gasteiger partial charge in [0.25, 0.3) is 0 Å². The largest absolute Gasteiger partial charge is 0.447 e. The molecule has 26 heavy (non-hydrogen) atoms. The van der Waals surface area contributed by atoms with Gasteiger partial charge < -0.3 is 25.4 Å². The molecule has 8 heteroatoms. The zero-order valence-electron chi connectivity index (χ0n) is 15.5. The standard InChI is InChI=1S/C18H26ClN3O3S/c1-5-22-16(26-14-8-6-7-13(19)11-14)15(12(2)3)21-18(22,4)25-10-9-24-17(20)23/h6-8,11-12,21H,5,9-10H2,1-4H3,(H2,20,23). The van der Waals surface area contributed by atoms with E-state index >= 15 is 0 Å². The van der Waals surface area contributed by atoms with Crippen molar-refractivity contribution in [1.82, 2.24) is 10.2 Å². The molecule has 0 aromatic heterocycles. The lowest BCUT2D eigenvalue weighted by Gasteiger charge is -2.37. The highest BCUT2D eigenvalue weighted by Gasteiger charge is 2.42. The Morgan fingerprint density at radius 3 is 2.73 bits per heavy atom. The minimum atomic E-state index is -0.802. The number of nitrogens with two attached hydrogens (primary N) is 1. The number of nitrogens with one attached hydrogen (secondary N) is 1. The van der Waals surface area contributed by atoms with E-state index in [1.165, 1.54) is 0 Å². The van der Waals surface area contributed by atoms with Gasteiger partial charge in [0, 0.05) is 29.1 Å². The number of carbonyl (C=O) groups is 1. The fourth-order valence-electron chi connectivity index (χ4n) is 2.80. The topological polar surface area (TPSA) is 76.8 Å². The molecule has 1 unspecified atom stereocenters. The molecule has 144 valence electrons. The smallest absolute Gasteiger partial charge is 0.404 e. The summed E-state index contributed by atoms with van der Waals surface area (Å²) in [5.41, 5.74) is 6.10. The van der Waals surface area contributed by atoms with Crippen molar-refractivity contribution in [3.8, 4) is 0 Å². The number of hydrogen-bond donors (Lipinski definition) is 2. The Kier molecular flexibility index (Phi) is 7.08. The molecule has 1 aromatic rings. The molecule has 1 atom stereocenters. The normalized spacial score (nSPS) is 19.8. The van der Waals surface area contributed by atoms with Gasteiger partial charge in [-0.05, 0) is 31.0 Å². The Labute approximate surface area is 164 Å². The SMILES string of the molecule is CCN1C(Sc2cccc(Cl)c2)=C(C(C)C)NC1(C)OCCOC(N)=O. The lowest BCUT2D eigenvalue weighted by atomic mass is 10.1. The number of halogens is 1. The third-order valence-corrected chi connectivity index (χ3v) is 5.33. The van der Waals surface area contributed by atoms with Crippen LogP contribution in [0.25, 0.3) is 0 Å². The van der Waals surface area contributed by atoms with E-state index in [1.807, 2.05) is 31.2 Å². The van der Waals surface area contributed by atoms with Crippen LogP contribution in [0.4, 0.5) is 4.79 Å². The van der Waals surface area contributed by atoms with E-state index in [9.17, 15) is 4.79 Å². The summed E-state index contributed by atoms with van der Waals surface area (Å²) in [5, 5.41) is 5.31. The fraction of sp³-hybridized carbons (Fsp3) is 0.500. The number of amides is 1. The first kappa shape index (κ1) is 20.7. The van der Waals surface area contributed by atoms with Crippen LogP contribution in [0.1, 0.15) is 27.7 Å². The van der Waals surface area contributed by atoms with Crippen LogP contribution in [0, 0.1) is 5.92 Å². The second-order valence-corrected chi connectivity index (χ2v) is 7.80. The van der Waals surface area contributed by atoms with Crippen LogP contribution in [-0.2, 0) is 9.47 Å². The fourth-order valence-corrected chi connectivity index (χ4v) is 4.42. The molecule has 0 saturated heterocycles. The third-order valence-electron chi connectivity index (χ3n) is 3.97. The molecule has 1 aromatic carbocycles.